The lowest BCUT2D eigenvalue weighted by Crippen LogP contribution is -2.05. The number of aryl methyl sites for hydroxylation is 1. The zero-order chi connectivity index (χ0) is 12.4. The second-order valence-corrected chi connectivity index (χ2v) is 3.83. The van der Waals surface area contributed by atoms with Crippen LogP contribution in [0.1, 0.15) is 17.4 Å². The molecule has 0 aliphatic heterocycles. The van der Waals surface area contributed by atoms with Gasteiger partial charge in [0.15, 0.2) is 0 Å². The maximum Gasteiger partial charge on any atom is 0.352 e. The summed E-state index contributed by atoms with van der Waals surface area (Å²) in [5.41, 5.74) is 8.48. The van der Waals surface area contributed by atoms with Crippen molar-refractivity contribution in [2.45, 2.75) is 13.5 Å². The number of nitrogens with zero attached hydrogens (tertiary/aromatic N) is 1. The van der Waals surface area contributed by atoms with Gasteiger partial charge in [-0.15, -0.1) is 0 Å². The molecule has 0 saturated heterocycles. The molecule has 0 bridgehead atoms. The molecule has 17 heavy (non-hydrogen) atoms. The number of aromatic carboxylic acids is 1. The number of nitrogens with two attached hydrogens (primary N) is 1. The maximum absolute atomic E-state index is 11.0. The van der Waals surface area contributed by atoms with E-state index in [1.807, 2.05) is 25.3 Å². The van der Waals surface area contributed by atoms with Gasteiger partial charge in [-0.2, -0.15) is 0 Å². The van der Waals surface area contributed by atoms with Crippen LogP contribution in [0.5, 0.6) is 0 Å². The van der Waals surface area contributed by atoms with Crippen LogP contribution in [0.2, 0.25) is 0 Å². The van der Waals surface area contributed by atoms with Crippen molar-refractivity contribution in [3.63, 3.8) is 0 Å². The number of carbonyl (C=O) groups is 1. The van der Waals surface area contributed by atoms with Crippen molar-refractivity contribution in [3.05, 3.63) is 42.2 Å². The predicted octanol–water partition coefficient (Wildman–Crippen LogP) is 2.46. The quantitative estimate of drug-likeness (QED) is 0.796. The van der Waals surface area contributed by atoms with Crippen LogP contribution in [0.25, 0.3) is 11.1 Å². The van der Waals surface area contributed by atoms with Gasteiger partial charge in [0.25, 0.3) is 0 Å². The molecule has 0 amide bonds. The second kappa shape index (κ2) is 4.33. The summed E-state index contributed by atoms with van der Waals surface area (Å²) in [6.45, 7) is 2.55. The molecule has 0 atom stereocenters. The van der Waals surface area contributed by atoms with Gasteiger partial charge >= 0.3 is 5.97 Å². The molecule has 0 spiro atoms. The average molecular weight is 230 g/mol. The zero-order valence-electron chi connectivity index (χ0n) is 9.55. The normalized spacial score (nSPS) is 10.4. The standard InChI is InChI=1S/C13H14N2O2/c1-2-15-8-10(7-12(15)13(16)17)9-3-5-11(14)6-4-9/h3-8H,2,14H2,1H3,(H,16,17). The topological polar surface area (TPSA) is 68.2 Å². The molecular formula is C13H14N2O2. The van der Waals surface area contributed by atoms with Gasteiger partial charge in [0.2, 0.25) is 0 Å². The highest BCUT2D eigenvalue weighted by molar-refractivity contribution is 5.88. The monoisotopic (exact) mass is 230 g/mol. The highest BCUT2D eigenvalue weighted by Gasteiger charge is 2.12. The number of rotatable bonds is 3. The Kier molecular flexibility index (Phi) is 2.87. The molecule has 0 aliphatic rings. The molecule has 0 unspecified atom stereocenters. The Balaban J connectivity index is 2.46. The number of hydrogen-bond acceptors (Lipinski definition) is 2. The Bertz CT molecular complexity index is 541. The van der Waals surface area contributed by atoms with Gasteiger partial charge in [0.05, 0.1) is 0 Å². The van der Waals surface area contributed by atoms with Crippen LogP contribution >= 0.6 is 0 Å². The molecular weight excluding hydrogens is 216 g/mol. The second-order valence-electron chi connectivity index (χ2n) is 3.83. The van der Waals surface area contributed by atoms with E-state index >= 15 is 0 Å². The summed E-state index contributed by atoms with van der Waals surface area (Å²) >= 11 is 0. The third-order valence-electron chi connectivity index (χ3n) is 2.70. The van der Waals surface area contributed by atoms with E-state index in [0.29, 0.717) is 17.9 Å². The molecule has 3 N–H and O–H groups in total. The summed E-state index contributed by atoms with van der Waals surface area (Å²) in [6.07, 6.45) is 1.84. The number of anilines is 1. The fourth-order valence-corrected chi connectivity index (χ4v) is 1.78. The average Bonchev–Trinajstić information content (AvgIpc) is 2.74. The van der Waals surface area contributed by atoms with E-state index in [-0.39, 0.29) is 0 Å². The fourth-order valence-electron chi connectivity index (χ4n) is 1.78. The third kappa shape index (κ3) is 2.15. The number of hydrogen-bond donors (Lipinski definition) is 2. The van der Waals surface area contributed by atoms with E-state index in [9.17, 15) is 4.79 Å². The van der Waals surface area contributed by atoms with Crippen molar-refractivity contribution in [2.75, 3.05) is 5.73 Å². The van der Waals surface area contributed by atoms with Crippen LogP contribution in [0, 0.1) is 0 Å². The minimum atomic E-state index is -0.909. The lowest BCUT2D eigenvalue weighted by Gasteiger charge is -1.99. The highest BCUT2D eigenvalue weighted by atomic mass is 16.4. The smallest absolute Gasteiger partial charge is 0.352 e. The van der Waals surface area contributed by atoms with Gasteiger partial charge in [-0.25, -0.2) is 4.79 Å². The fraction of sp³-hybridized carbons (Fsp3) is 0.154. The van der Waals surface area contributed by atoms with Gasteiger partial charge in [0.1, 0.15) is 5.69 Å². The molecule has 0 aliphatic carbocycles. The van der Waals surface area contributed by atoms with E-state index in [2.05, 4.69) is 0 Å². The first-order valence-electron chi connectivity index (χ1n) is 5.41. The van der Waals surface area contributed by atoms with Crippen LogP contribution in [-0.2, 0) is 6.54 Å². The first-order valence-corrected chi connectivity index (χ1v) is 5.41. The van der Waals surface area contributed by atoms with Crippen molar-refractivity contribution in [3.8, 4) is 11.1 Å². The van der Waals surface area contributed by atoms with Gasteiger partial charge < -0.3 is 15.4 Å². The number of carboxylic acid groups (broad SMARTS) is 1. The molecule has 0 fully saturated rings. The van der Waals surface area contributed by atoms with Crippen LogP contribution in [0.4, 0.5) is 5.69 Å². The van der Waals surface area contributed by atoms with Crippen LogP contribution in [0.3, 0.4) is 0 Å². The van der Waals surface area contributed by atoms with Gasteiger partial charge in [-0.3, -0.25) is 0 Å². The summed E-state index contributed by atoms with van der Waals surface area (Å²) in [4.78, 5) is 11.0. The highest BCUT2D eigenvalue weighted by Crippen LogP contribution is 2.23. The molecule has 2 aromatic rings. The molecule has 1 heterocycles. The summed E-state index contributed by atoms with van der Waals surface area (Å²) < 4.78 is 1.72. The van der Waals surface area contributed by atoms with Gasteiger partial charge in [-0.05, 0) is 30.7 Å². The Morgan fingerprint density at radius 3 is 2.41 bits per heavy atom. The zero-order valence-corrected chi connectivity index (χ0v) is 9.55. The van der Waals surface area contributed by atoms with E-state index in [1.54, 1.807) is 22.8 Å². The summed E-state index contributed by atoms with van der Waals surface area (Å²) in [5.74, 6) is -0.909. The first kappa shape index (κ1) is 11.3. The van der Waals surface area contributed by atoms with Crippen molar-refractivity contribution in [1.29, 1.82) is 0 Å². The Labute approximate surface area is 99.3 Å². The minimum absolute atomic E-state index is 0.305. The van der Waals surface area contributed by atoms with Crippen LogP contribution in [0.15, 0.2) is 36.5 Å². The minimum Gasteiger partial charge on any atom is -0.477 e. The summed E-state index contributed by atoms with van der Waals surface area (Å²) in [5, 5.41) is 9.06. The predicted molar refractivity (Wildman–Crippen MR) is 66.9 cm³/mol. The Morgan fingerprint density at radius 1 is 1.29 bits per heavy atom. The molecule has 88 valence electrons. The maximum atomic E-state index is 11.0. The van der Waals surface area contributed by atoms with Crippen LogP contribution in [-0.4, -0.2) is 15.6 Å². The van der Waals surface area contributed by atoms with Crippen molar-refractivity contribution in [1.82, 2.24) is 4.57 Å². The largest absolute Gasteiger partial charge is 0.477 e. The first-order chi connectivity index (χ1) is 8.11. The number of carboxylic acids is 1. The SMILES string of the molecule is CCn1cc(-c2ccc(N)cc2)cc1C(=O)O. The summed E-state index contributed by atoms with van der Waals surface area (Å²) in [7, 11) is 0. The van der Waals surface area contributed by atoms with Crippen LogP contribution < -0.4 is 5.73 Å². The van der Waals surface area contributed by atoms with Crippen molar-refractivity contribution >= 4 is 11.7 Å². The van der Waals surface area contributed by atoms with Gasteiger partial charge in [0, 0.05) is 24.0 Å². The number of benzene rings is 1. The van der Waals surface area contributed by atoms with E-state index in [0.717, 1.165) is 11.1 Å². The van der Waals surface area contributed by atoms with E-state index in [4.69, 9.17) is 10.8 Å². The summed E-state index contributed by atoms with van der Waals surface area (Å²) in [6, 6.07) is 9.06. The lowest BCUT2D eigenvalue weighted by molar-refractivity contribution is 0.0685. The Hall–Kier alpha value is -2.23. The molecule has 4 heteroatoms. The molecule has 0 saturated carbocycles. The van der Waals surface area contributed by atoms with Gasteiger partial charge in [-0.1, -0.05) is 12.1 Å². The molecule has 1 aromatic carbocycles. The Morgan fingerprint density at radius 2 is 1.94 bits per heavy atom. The lowest BCUT2D eigenvalue weighted by atomic mass is 10.1. The van der Waals surface area contributed by atoms with E-state index in [1.165, 1.54) is 0 Å². The molecule has 2 rings (SSSR count). The number of nitrogen functional groups attached to an aromatic ring is 1. The van der Waals surface area contributed by atoms with Crippen molar-refractivity contribution < 1.29 is 9.90 Å². The third-order valence-corrected chi connectivity index (χ3v) is 2.70. The number of aromatic nitrogens is 1. The molecule has 4 nitrogen and oxygen atoms in total. The molecule has 1 aromatic heterocycles. The van der Waals surface area contributed by atoms with E-state index < -0.39 is 5.97 Å². The van der Waals surface area contributed by atoms with Crippen molar-refractivity contribution in [2.24, 2.45) is 0 Å². The molecule has 0 radical (unpaired) electrons.